The number of hydrogen-bond donors (Lipinski definition) is 2. The number of hydrogen-bond acceptors (Lipinski definition) is 3. The van der Waals surface area contributed by atoms with Gasteiger partial charge in [-0.3, -0.25) is 4.79 Å². The SMILES string of the molecule is O=C(Cn1ccnc1CO)Nc1ccccc1F. The van der Waals surface area contributed by atoms with Crippen molar-refractivity contribution in [3.05, 3.63) is 48.3 Å². The van der Waals surface area contributed by atoms with E-state index in [0.29, 0.717) is 5.82 Å². The van der Waals surface area contributed by atoms with Crippen LogP contribution in [-0.2, 0) is 17.9 Å². The fourth-order valence-corrected chi connectivity index (χ4v) is 1.54. The number of benzene rings is 1. The third kappa shape index (κ3) is 2.72. The summed E-state index contributed by atoms with van der Waals surface area (Å²) in [6, 6.07) is 5.93. The van der Waals surface area contributed by atoms with Crippen molar-refractivity contribution in [1.29, 1.82) is 0 Å². The fraction of sp³-hybridized carbons (Fsp3) is 0.167. The number of imidazole rings is 1. The van der Waals surface area contributed by atoms with Gasteiger partial charge in [-0.25, -0.2) is 9.37 Å². The third-order valence-electron chi connectivity index (χ3n) is 2.41. The van der Waals surface area contributed by atoms with E-state index in [4.69, 9.17) is 5.11 Å². The smallest absolute Gasteiger partial charge is 0.244 e. The van der Waals surface area contributed by atoms with E-state index in [0.717, 1.165) is 0 Å². The molecule has 1 amide bonds. The number of para-hydroxylation sites is 1. The van der Waals surface area contributed by atoms with Crippen LogP contribution in [0.25, 0.3) is 0 Å². The molecule has 0 saturated carbocycles. The van der Waals surface area contributed by atoms with E-state index in [1.165, 1.54) is 22.9 Å². The van der Waals surface area contributed by atoms with Crippen LogP contribution in [0.3, 0.4) is 0 Å². The average Bonchev–Trinajstić information content (AvgIpc) is 2.79. The van der Waals surface area contributed by atoms with Crippen LogP contribution in [0.2, 0.25) is 0 Å². The Morgan fingerprint density at radius 1 is 1.44 bits per heavy atom. The second kappa shape index (κ2) is 5.42. The Labute approximate surface area is 103 Å². The van der Waals surface area contributed by atoms with Crippen LogP contribution < -0.4 is 5.32 Å². The Morgan fingerprint density at radius 2 is 2.22 bits per heavy atom. The van der Waals surface area contributed by atoms with Crippen molar-refractivity contribution in [3.8, 4) is 0 Å². The maximum absolute atomic E-state index is 13.3. The number of aliphatic hydroxyl groups is 1. The summed E-state index contributed by atoms with van der Waals surface area (Å²) in [5, 5.41) is 11.4. The summed E-state index contributed by atoms with van der Waals surface area (Å²) in [5.41, 5.74) is 0.133. The van der Waals surface area contributed by atoms with E-state index in [2.05, 4.69) is 10.3 Å². The van der Waals surface area contributed by atoms with Gasteiger partial charge in [-0.2, -0.15) is 0 Å². The van der Waals surface area contributed by atoms with E-state index >= 15 is 0 Å². The molecule has 0 spiro atoms. The van der Waals surface area contributed by atoms with E-state index < -0.39 is 5.82 Å². The minimum absolute atomic E-state index is 0.0236. The van der Waals surface area contributed by atoms with E-state index in [-0.39, 0.29) is 24.7 Å². The lowest BCUT2D eigenvalue weighted by atomic mass is 10.3. The Morgan fingerprint density at radius 3 is 2.94 bits per heavy atom. The quantitative estimate of drug-likeness (QED) is 0.854. The molecule has 18 heavy (non-hydrogen) atoms. The summed E-state index contributed by atoms with van der Waals surface area (Å²) in [6.07, 6.45) is 3.06. The lowest BCUT2D eigenvalue weighted by Gasteiger charge is -2.08. The highest BCUT2D eigenvalue weighted by Crippen LogP contribution is 2.12. The number of halogens is 1. The first kappa shape index (κ1) is 12.3. The first-order chi connectivity index (χ1) is 8.70. The van der Waals surface area contributed by atoms with Crippen LogP contribution in [0.5, 0.6) is 0 Å². The molecule has 1 aromatic heterocycles. The maximum atomic E-state index is 13.3. The zero-order valence-electron chi connectivity index (χ0n) is 9.51. The molecule has 0 atom stereocenters. The molecular formula is C12H12FN3O2. The number of carbonyl (C=O) groups excluding carboxylic acids is 1. The van der Waals surface area contributed by atoms with Crippen LogP contribution in [-0.4, -0.2) is 20.6 Å². The first-order valence-corrected chi connectivity index (χ1v) is 5.36. The van der Waals surface area contributed by atoms with Crippen molar-refractivity contribution in [2.24, 2.45) is 0 Å². The van der Waals surface area contributed by atoms with Gasteiger partial charge in [-0.15, -0.1) is 0 Å². The van der Waals surface area contributed by atoms with Crippen molar-refractivity contribution in [2.75, 3.05) is 5.32 Å². The summed E-state index contributed by atoms with van der Waals surface area (Å²) in [5.74, 6) is -0.481. The van der Waals surface area contributed by atoms with Crippen molar-refractivity contribution in [3.63, 3.8) is 0 Å². The second-order valence-corrected chi connectivity index (χ2v) is 3.66. The highest BCUT2D eigenvalue weighted by Gasteiger charge is 2.09. The van der Waals surface area contributed by atoms with Gasteiger partial charge < -0.3 is 15.0 Å². The topological polar surface area (TPSA) is 67.2 Å². The molecule has 6 heteroatoms. The van der Waals surface area contributed by atoms with E-state index in [1.54, 1.807) is 18.3 Å². The minimum atomic E-state index is -0.487. The minimum Gasteiger partial charge on any atom is -0.388 e. The standard InChI is InChI=1S/C12H12FN3O2/c13-9-3-1-2-4-10(9)15-12(18)7-16-6-5-14-11(16)8-17/h1-6,17H,7-8H2,(H,15,18). The molecule has 0 aliphatic carbocycles. The van der Waals surface area contributed by atoms with Gasteiger partial charge in [0.25, 0.3) is 0 Å². The van der Waals surface area contributed by atoms with Gasteiger partial charge in [0, 0.05) is 12.4 Å². The number of nitrogens with zero attached hydrogens (tertiary/aromatic N) is 2. The predicted octanol–water partition coefficient (Wildman–Crippen LogP) is 1.15. The molecule has 2 N–H and O–H groups in total. The van der Waals surface area contributed by atoms with Gasteiger partial charge in [0.15, 0.2) is 0 Å². The molecule has 0 bridgehead atoms. The number of amides is 1. The highest BCUT2D eigenvalue weighted by atomic mass is 19.1. The summed E-state index contributed by atoms with van der Waals surface area (Å²) in [7, 11) is 0. The monoisotopic (exact) mass is 249 g/mol. The molecule has 94 valence electrons. The van der Waals surface area contributed by atoms with Gasteiger partial charge in [-0.1, -0.05) is 12.1 Å². The lowest BCUT2D eigenvalue weighted by molar-refractivity contribution is -0.116. The van der Waals surface area contributed by atoms with Crippen LogP contribution >= 0.6 is 0 Å². The van der Waals surface area contributed by atoms with Gasteiger partial charge in [0.05, 0.1) is 5.69 Å². The molecule has 0 unspecified atom stereocenters. The molecule has 5 nitrogen and oxygen atoms in total. The molecule has 1 heterocycles. The Hall–Kier alpha value is -2.21. The van der Waals surface area contributed by atoms with Crippen LogP contribution in [0.15, 0.2) is 36.7 Å². The number of aromatic nitrogens is 2. The molecule has 0 aliphatic rings. The Kier molecular flexibility index (Phi) is 3.69. The fourth-order valence-electron chi connectivity index (χ4n) is 1.54. The average molecular weight is 249 g/mol. The van der Waals surface area contributed by atoms with E-state index in [9.17, 15) is 9.18 Å². The van der Waals surface area contributed by atoms with Gasteiger partial charge in [0.1, 0.15) is 24.8 Å². The normalized spacial score (nSPS) is 10.3. The molecule has 0 radical (unpaired) electrons. The molecular weight excluding hydrogens is 237 g/mol. The van der Waals surface area contributed by atoms with Crippen LogP contribution in [0.4, 0.5) is 10.1 Å². The van der Waals surface area contributed by atoms with Crippen molar-refractivity contribution in [1.82, 2.24) is 9.55 Å². The predicted molar refractivity (Wildman–Crippen MR) is 63.2 cm³/mol. The molecule has 1 aromatic carbocycles. The van der Waals surface area contributed by atoms with Gasteiger partial charge in [-0.05, 0) is 12.1 Å². The molecule has 2 aromatic rings. The van der Waals surface area contributed by atoms with Crippen LogP contribution in [0, 0.1) is 5.82 Å². The Bertz CT molecular complexity index is 554. The largest absolute Gasteiger partial charge is 0.388 e. The van der Waals surface area contributed by atoms with Crippen molar-refractivity contribution >= 4 is 11.6 Å². The summed E-state index contributed by atoms with van der Waals surface area (Å²) in [4.78, 5) is 15.6. The van der Waals surface area contributed by atoms with E-state index in [1.807, 2.05) is 0 Å². The number of carbonyl (C=O) groups is 1. The molecule has 0 saturated heterocycles. The van der Waals surface area contributed by atoms with Gasteiger partial charge in [0.2, 0.25) is 5.91 Å². The zero-order chi connectivity index (χ0) is 13.0. The Balaban J connectivity index is 2.04. The summed E-state index contributed by atoms with van der Waals surface area (Å²) >= 11 is 0. The summed E-state index contributed by atoms with van der Waals surface area (Å²) in [6.45, 7) is -0.274. The van der Waals surface area contributed by atoms with Crippen molar-refractivity contribution in [2.45, 2.75) is 13.2 Å². The zero-order valence-corrected chi connectivity index (χ0v) is 9.51. The van der Waals surface area contributed by atoms with Crippen LogP contribution in [0.1, 0.15) is 5.82 Å². The second-order valence-electron chi connectivity index (χ2n) is 3.66. The number of rotatable bonds is 4. The number of aliphatic hydroxyl groups excluding tert-OH is 1. The highest BCUT2D eigenvalue weighted by molar-refractivity contribution is 5.90. The third-order valence-corrected chi connectivity index (χ3v) is 2.41. The molecule has 0 fully saturated rings. The first-order valence-electron chi connectivity index (χ1n) is 5.36. The van der Waals surface area contributed by atoms with Gasteiger partial charge >= 0.3 is 0 Å². The number of nitrogens with one attached hydrogen (secondary N) is 1. The molecule has 2 rings (SSSR count). The molecule has 0 aliphatic heterocycles. The lowest BCUT2D eigenvalue weighted by Crippen LogP contribution is -2.20. The maximum Gasteiger partial charge on any atom is 0.244 e. The summed E-state index contributed by atoms with van der Waals surface area (Å²) < 4.78 is 14.8. The van der Waals surface area contributed by atoms with Crippen molar-refractivity contribution < 1.29 is 14.3 Å². The number of anilines is 1.